The number of hydrazone groups is 1. The predicted molar refractivity (Wildman–Crippen MR) is 134 cm³/mol. The molecule has 1 amide bonds. The van der Waals surface area contributed by atoms with Crippen molar-refractivity contribution < 1.29 is 4.79 Å². The highest BCUT2D eigenvalue weighted by Crippen LogP contribution is 2.23. The third-order valence-corrected chi connectivity index (χ3v) is 6.69. The van der Waals surface area contributed by atoms with Crippen molar-refractivity contribution in [2.75, 3.05) is 11.1 Å². The molecule has 0 spiro atoms. The van der Waals surface area contributed by atoms with Crippen molar-refractivity contribution in [2.45, 2.75) is 51.2 Å². The number of carbonyl (C=O) groups is 1. The van der Waals surface area contributed by atoms with E-state index < -0.39 is 0 Å². The second kappa shape index (κ2) is 11.1. The summed E-state index contributed by atoms with van der Waals surface area (Å²) >= 11 is 1.36. The van der Waals surface area contributed by atoms with Gasteiger partial charge in [0.25, 0.3) is 5.91 Å². The van der Waals surface area contributed by atoms with E-state index in [4.69, 9.17) is 0 Å². The molecule has 172 valence electrons. The first-order valence-corrected chi connectivity index (χ1v) is 12.4. The van der Waals surface area contributed by atoms with E-state index in [1.807, 2.05) is 47.0 Å². The van der Waals surface area contributed by atoms with Crippen LogP contribution in [0.2, 0.25) is 0 Å². The predicted octanol–water partition coefficient (Wildman–Crippen LogP) is 4.96. The minimum absolute atomic E-state index is 0.132. The first-order valence-electron chi connectivity index (χ1n) is 11.4. The second-order valence-corrected chi connectivity index (χ2v) is 9.31. The maximum Gasteiger partial charge on any atom is 0.250 e. The standard InChI is InChI=1S/C25H30N6OS/c1-18-12-14-20(15-13-18)26-16-23-28-30-25(31(23)21-9-4-3-5-10-21)33-17-24(32)29-27-22-11-7-6-8-19(22)2/h3-5,9-10,12-15,19,26H,6-8,11,16-17H2,1-2H3,(H,29,32)/t19-/m0/s1. The molecule has 3 aromatic rings. The van der Waals surface area contributed by atoms with E-state index in [-0.39, 0.29) is 11.7 Å². The van der Waals surface area contributed by atoms with E-state index in [2.05, 4.69) is 52.0 Å². The van der Waals surface area contributed by atoms with Gasteiger partial charge in [-0.15, -0.1) is 10.2 Å². The Bertz CT molecular complexity index is 1090. The number of amides is 1. The van der Waals surface area contributed by atoms with Crippen LogP contribution in [0.3, 0.4) is 0 Å². The lowest BCUT2D eigenvalue weighted by atomic mass is 9.89. The quantitative estimate of drug-likeness (QED) is 0.365. The average Bonchev–Trinajstić information content (AvgIpc) is 3.25. The summed E-state index contributed by atoms with van der Waals surface area (Å²) in [6, 6.07) is 18.2. The molecule has 1 aromatic heterocycles. The monoisotopic (exact) mass is 462 g/mol. The molecule has 0 saturated heterocycles. The molecule has 1 aliphatic rings. The van der Waals surface area contributed by atoms with Gasteiger partial charge >= 0.3 is 0 Å². The smallest absolute Gasteiger partial charge is 0.250 e. The van der Waals surface area contributed by atoms with Gasteiger partial charge < -0.3 is 5.32 Å². The number of benzene rings is 2. The van der Waals surface area contributed by atoms with Gasteiger partial charge in [0.2, 0.25) is 0 Å². The van der Waals surface area contributed by atoms with E-state index >= 15 is 0 Å². The van der Waals surface area contributed by atoms with Gasteiger partial charge in [0, 0.05) is 17.1 Å². The summed E-state index contributed by atoms with van der Waals surface area (Å²) in [4.78, 5) is 12.4. The molecule has 2 N–H and O–H groups in total. The Kier molecular flexibility index (Phi) is 7.78. The van der Waals surface area contributed by atoms with Crippen LogP contribution in [0.5, 0.6) is 0 Å². The fraction of sp³-hybridized carbons (Fsp3) is 0.360. The van der Waals surface area contributed by atoms with Crippen molar-refractivity contribution >= 4 is 29.1 Å². The van der Waals surface area contributed by atoms with E-state index in [0.29, 0.717) is 17.6 Å². The van der Waals surface area contributed by atoms with Crippen LogP contribution in [0, 0.1) is 12.8 Å². The number of para-hydroxylation sites is 1. The molecule has 0 aliphatic heterocycles. The van der Waals surface area contributed by atoms with Gasteiger partial charge in [-0.05, 0) is 56.4 Å². The van der Waals surface area contributed by atoms with Crippen LogP contribution in [0.15, 0.2) is 64.9 Å². The summed E-state index contributed by atoms with van der Waals surface area (Å²) in [6.45, 7) is 4.76. The summed E-state index contributed by atoms with van der Waals surface area (Å²) in [5.41, 5.74) is 7.02. The topological polar surface area (TPSA) is 84.2 Å². The molecular weight excluding hydrogens is 432 g/mol. The first kappa shape index (κ1) is 23.0. The van der Waals surface area contributed by atoms with Crippen LogP contribution >= 0.6 is 11.8 Å². The molecule has 33 heavy (non-hydrogen) atoms. The zero-order valence-corrected chi connectivity index (χ0v) is 19.9. The lowest BCUT2D eigenvalue weighted by Crippen LogP contribution is -2.25. The van der Waals surface area contributed by atoms with Crippen LogP contribution in [-0.2, 0) is 11.3 Å². The summed E-state index contributed by atoms with van der Waals surface area (Å²) < 4.78 is 1.99. The fourth-order valence-electron chi connectivity index (χ4n) is 3.83. The molecule has 1 heterocycles. The lowest BCUT2D eigenvalue weighted by Gasteiger charge is -2.19. The number of rotatable bonds is 8. The molecule has 0 unspecified atom stereocenters. The van der Waals surface area contributed by atoms with E-state index in [1.54, 1.807) is 0 Å². The first-order chi connectivity index (χ1) is 16.1. The Balaban J connectivity index is 1.44. The molecule has 1 atom stereocenters. The number of carbonyl (C=O) groups excluding carboxylic acids is 1. The van der Waals surface area contributed by atoms with E-state index in [9.17, 15) is 4.79 Å². The number of thioether (sulfide) groups is 1. The highest BCUT2D eigenvalue weighted by atomic mass is 32.2. The molecule has 1 fully saturated rings. The molecule has 1 aliphatic carbocycles. The van der Waals surface area contributed by atoms with Crippen LogP contribution in [0.25, 0.3) is 5.69 Å². The van der Waals surface area contributed by atoms with Gasteiger partial charge in [-0.2, -0.15) is 5.10 Å². The highest BCUT2D eigenvalue weighted by Gasteiger charge is 2.18. The molecule has 0 radical (unpaired) electrons. The van der Waals surface area contributed by atoms with Crippen molar-refractivity contribution in [1.29, 1.82) is 0 Å². The van der Waals surface area contributed by atoms with Gasteiger partial charge in [-0.1, -0.05) is 61.0 Å². The normalized spacial score (nSPS) is 17.2. The Labute approximate surface area is 199 Å². The van der Waals surface area contributed by atoms with E-state index in [0.717, 1.165) is 42.2 Å². The summed E-state index contributed by atoms with van der Waals surface area (Å²) in [6.07, 6.45) is 4.49. The van der Waals surface area contributed by atoms with Gasteiger partial charge in [0.05, 0.1) is 12.3 Å². The van der Waals surface area contributed by atoms with Crippen molar-refractivity contribution in [3.63, 3.8) is 0 Å². The van der Waals surface area contributed by atoms with Crippen molar-refractivity contribution in [1.82, 2.24) is 20.2 Å². The Morgan fingerprint density at radius 3 is 2.67 bits per heavy atom. The minimum Gasteiger partial charge on any atom is -0.378 e. The van der Waals surface area contributed by atoms with Crippen molar-refractivity contribution in [2.24, 2.45) is 11.0 Å². The Morgan fingerprint density at radius 2 is 1.91 bits per heavy atom. The summed E-state index contributed by atoms with van der Waals surface area (Å²) in [5, 5.41) is 17.2. The molecular formula is C25H30N6OS. The Morgan fingerprint density at radius 1 is 1.12 bits per heavy atom. The zero-order chi connectivity index (χ0) is 23.0. The van der Waals surface area contributed by atoms with Crippen LogP contribution in [-0.4, -0.2) is 32.1 Å². The number of anilines is 1. The number of aromatic nitrogens is 3. The van der Waals surface area contributed by atoms with Crippen LogP contribution < -0.4 is 10.7 Å². The summed E-state index contributed by atoms with van der Waals surface area (Å²) in [7, 11) is 0. The van der Waals surface area contributed by atoms with E-state index in [1.165, 1.54) is 23.7 Å². The number of nitrogens with zero attached hydrogens (tertiary/aromatic N) is 4. The van der Waals surface area contributed by atoms with Gasteiger partial charge in [0.1, 0.15) is 0 Å². The van der Waals surface area contributed by atoms with Crippen molar-refractivity contribution in [3.05, 3.63) is 66.0 Å². The molecule has 2 aromatic carbocycles. The third kappa shape index (κ3) is 6.22. The molecule has 4 rings (SSSR count). The molecule has 7 nitrogen and oxygen atoms in total. The maximum atomic E-state index is 12.4. The van der Waals surface area contributed by atoms with Gasteiger partial charge in [0.15, 0.2) is 11.0 Å². The van der Waals surface area contributed by atoms with Crippen LogP contribution in [0.1, 0.15) is 44.0 Å². The van der Waals surface area contributed by atoms with Crippen LogP contribution in [0.4, 0.5) is 5.69 Å². The Hall–Kier alpha value is -3.13. The number of nitrogens with one attached hydrogen (secondary N) is 2. The SMILES string of the molecule is Cc1ccc(NCc2nnc(SCC(=O)NN=C3CCCC[C@@H]3C)n2-c2ccccc2)cc1. The number of hydrogen-bond acceptors (Lipinski definition) is 6. The number of hydrogen-bond donors (Lipinski definition) is 2. The summed E-state index contributed by atoms with van der Waals surface area (Å²) in [5.74, 6) is 1.31. The number of aryl methyl sites for hydroxylation is 1. The largest absolute Gasteiger partial charge is 0.378 e. The molecule has 1 saturated carbocycles. The molecule has 0 bridgehead atoms. The average molecular weight is 463 g/mol. The van der Waals surface area contributed by atoms with Gasteiger partial charge in [-0.3, -0.25) is 9.36 Å². The fourth-order valence-corrected chi connectivity index (χ4v) is 4.59. The molecule has 8 heteroatoms. The van der Waals surface area contributed by atoms with Gasteiger partial charge in [-0.25, -0.2) is 5.43 Å². The lowest BCUT2D eigenvalue weighted by molar-refractivity contribution is -0.118. The maximum absolute atomic E-state index is 12.4. The van der Waals surface area contributed by atoms with Crippen molar-refractivity contribution in [3.8, 4) is 5.69 Å². The third-order valence-electron chi connectivity index (χ3n) is 5.76. The second-order valence-electron chi connectivity index (χ2n) is 8.36. The zero-order valence-electron chi connectivity index (χ0n) is 19.1. The highest BCUT2D eigenvalue weighted by molar-refractivity contribution is 7.99. The minimum atomic E-state index is -0.132.